The molecule has 0 atom stereocenters. The topological polar surface area (TPSA) is 9.23 Å². The molecule has 0 aromatic heterocycles. The molecule has 2 aliphatic rings. The molecular weight excluding hydrogens is 240 g/mol. The van der Waals surface area contributed by atoms with Gasteiger partial charge in [0.15, 0.2) is 0 Å². The van der Waals surface area contributed by atoms with Crippen molar-refractivity contribution < 1.29 is 4.74 Å². The predicted octanol–water partition coefficient (Wildman–Crippen LogP) is 3.90. The molecule has 0 bridgehead atoms. The van der Waals surface area contributed by atoms with E-state index in [0.29, 0.717) is 0 Å². The maximum atomic E-state index is 6.18. The van der Waals surface area contributed by atoms with Gasteiger partial charge in [0.05, 0.1) is 12.2 Å². The van der Waals surface area contributed by atoms with E-state index in [9.17, 15) is 0 Å². The summed E-state index contributed by atoms with van der Waals surface area (Å²) < 4.78 is 6.18. The van der Waals surface area contributed by atoms with E-state index < -0.39 is 0 Å². The Morgan fingerprint density at radius 3 is 2.21 bits per heavy atom. The van der Waals surface area contributed by atoms with E-state index in [4.69, 9.17) is 4.74 Å². The largest absolute Gasteiger partial charge is 0.374 e. The zero-order valence-electron chi connectivity index (χ0n) is 8.93. The van der Waals surface area contributed by atoms with Gasteiger partial charge in [-0.3, -0.25) is 0 Å². The second kappa shape index (κ2) is 4.98. The molecule has 1 nitrogen and oxygen atoms in total. The summed E-state index contributed by atoms with van der Waals surface area (Å²) in [5.41, 5.74) is 0.194. The second-order valence-electron chi connectivity index (χ2n) is 4.99. The lowest BCUT2D eigenvalue weighted by atomic mass is 9.97. The highest BCUT2D eigenvalue weighted by molar-refractivity contribution is 9.09. The van der Waals surface area contributed by atoms with Crippen molar-refractivity contribution in [3.05, 3.63) is 0 Å². The van der Waals surface area contributed by atoms with Crippen LogP contribution in [0, 0.1) is 5.92 Å². The first-order chi connectivity index (χ1) is 6.85. The van der Waals surface area contributed by atoms with Crippen LogP contribution in [0.25, 0.3) is 0 Å². The summed E-state index contributed by atoms with van der Waals surface area (Å²) in [5.74, 6) is 0.897. The normalized spacial score (nSPS) is 27.2. The van der Waals surface area contributed by atoms with E-state index in [1.54, 1.807) is 0 Å². The SMILES string of the molecule is BrCC1(OCC2CC2)CCCCCC1. The van der Waals surface area contributed by atoms with Crippen LogP contribution in [-0.2, 0) is 4.74 Å². The second-order valence-corrected chi connectivity index (χ2v) is 5.55. The van der Waals surface area contributed by atoms with E-state index in [2.05, 4.69) is 15.9 Å². The van der Waals surface area contributed by atoms with Crippen molar-refractivity contribution >= 4 is 15.9 Å². The highest BCUT2D eigenvalue weighted by Gasteiger charge is 2.33. The molecule has 0 radical (unpaired) electrons. The Balaban J connectivity index is 1.84. The monoisotopic (exact) mass is 260 g/mol. The lowest BCUT2D eigenvalue weighted by Crippen LogP contribution is -2.34. The summed E-state index contributed by atoms with van der Waals surface area (Å²) in [6, 6.07) is 0. The summed E-state index contributed by atoms with van der Waals surface area (Å²) in [5, 5.41) is 1.03. The van der Waals surface area contributed by atoms with Crippen LogP contribution < -0.4 is 0 Å². The summed E-state index contributed by atoms with van der Waals surface area (Å²) >= 11 is 3.65. The Bertz CT molecular complexity index is 169. The Kier molecular flexibility index (Phi) is 3.89. The summed E-state index contributed by atoms with van der Waals surface area (Å²) in [4.78, 5) is 0. The molecule has 2 aliphatic carbocycles. The zero-order valence-corrected chi connectivity index (χ0v) is 10.5. The van der Waals surface area contributed by atoms with Crippen LogP contribution in [0.1, 0.15) is 51.4 Å². The number of halogens is 1. The first-order valence-electron chi connectivity index (χ1n) is 6.05. The predicted molar refractivity (Wildman–Crippen MR) is 62.9 cm³/mol. The average molecular weight is 261 g/mol. The lowest BCUT2D eigenvalue weighted by molar-refractivity contribution is -0.0424. The molecule has 0 aromatic carbocycles. The molecule has 0 aromatic rings. The Morgan fingerprint density at radius 2 is 1.71 bits per heavy atom. The van der Waals surface area contributed by atoms with Crippen LogP contribution >= 0.6 is 15.9 Å². The van der Waals surface area contributed by atoms with Gasteiger partial charge >= 0.3 is 0 Å². The molecule has 0 saturated heterocycles. The van der Waals surface area contributed by atoms with Gasteiger partial charge in [-0.15, -0.1) is 0 Å². The molecule has 2 fully saturated rings. The molecule has 82 valence electrons. The molecule has 2 rings (SSSR count). The highest BCUT2D eigenvalue weighted by Crippen LogP contribution is 2.36. The van der Waals surface area contributed by atoms with Crippen LogP contribution in [-0.4, -0.2) is 17.5 Å². The van der Waals surface area contributed by atoms with Crippen molar-refractivity contribution in [3.63, 3.8) is 0 Å². The van der Waals surface area contributed by atoms with E-state index >= 15 is 0 Å². The van der Waals surface area contributed by atoms with Gasteiger partial charge in [0.1, 0.15) is 0 Å². The van der Waals surface area contributed by atoms with E-state index in [-0.39, 0.29) is 5.60 Å². The summed E-state index contributed by atoms with van der Waals surface area (Å²) in [7, 11) is 0. The smallest absolute Gasteiger partial charge is 0.0779 e. The molecule has 0 spiro atoms. The number of ether oxygens (including phenoxy) is 1. The molecule has 0 amide bonds. The maximum absolute atomic E-state index is 6.18. The zero-order chi connectivity index (χ0) is 9.86. The first kappa shape index (κ1) is 10.9. The number of hydrogen-bond acceptors (Lipinski definition) is 1. The molecule has 14 heavy (non-hydrogen) atoms. The average Bonchev–Trinajstić information content (AvgIpc) is 3.03. The van der Waals surface area contributed by atoms with Crippen LogP contribution in [0.3, 0.4) is 0 Å². The van der Waals surface area contributed by atoms with Crippen molar-refractivity contribution in [2.75, 3.05) is 11.9 Å². The van der Waals surface area contributed by atoms with E-state index in [0.717, 1.165) is 17.9 Å². The minimum absolute atomic E-state index is 0.194. The van der Waals surface area contributed by atoms with Gasteiger partial charge in [-0.25, -0.2) is 0 Å². The third-order valence-corrected chi connectivity index (χ3v) is 4.60. The van der Waals surface area contributed by atoms with Gasteiger partial charge < -0.3 is 4.74 Å². The van der Waals surface area contributed by atoms with Crippen LogP contribution in [0.4, 0.5) is 0 Å². The minimum atomic E-state index is 0.194. The number of rotatable bonds is 4. The quantitative estimate of drug-likeness (QED) is 0.551. The molecule has 2 heteroatoms. The van der Waals surface area contributed by atoms with Gasteiger partial charge in [-0.2, -0.15) is 0 Å². The van der Waals surface area contributed by atoms with Crippen molar-refractivity contribution in [3.8, 4) is 0 Å². The van der Waals surface area contributed by atoms with E-state index in [1.807, 2.05) is 0 Å². The fourth-order valence-electron chi connectivity index (χ4n) is 2.27. The third kappa shape index (κ3) is 2.96. The molecule has 0 aliphatic heterocycles. The Hall–Kier alpha value is 0.440. The summed E-state index contributed by atoms with van der Waals surface area (Å²) in [6.07, 6.45) is 10.9. The fourth-order valence-corrected chi connectivity index (χ4v) is 2.99. The van der Waals surface area contributed by atoms with Crippen LogP contribution in [0.2, 0.25) is 0 Å². The minimum Gasteiger partial charge on any atom is -0.374 e. The summed E-state index contributed by atoms with van der Waals surface area (Å²) in [6.45, 7) is 1.02. The van der Waals surface area contributed by atoms with Gasteiger partial charge in [0, 0.05) is 5.33 Å². The highest BCUT2D eigenvalue weighted by atomic mass is 79.9. The third-order valence-electron chi connectivity index (χ3n) is 3.58. The van der Waals surface area contributed by atoms with Crippen molar-refractivity contribution in [2.24, 2.45) is 5.92 Å². The van der Waals surface area contributed by atoms with Gasteiger partial charge in [0.25, 0.3) is 0 Å². The molecular formula is C12H21BrO. The standard InChI is InChI=1S/C12H21BrO/c13-10-12(14-9-11-5-6-11)7-3-1-2-4-8-12/h11H,1-10H2. The van der Waals surface area contributed by atoms with Crippen LogP contribution in [0.15, 0.2) is 0 Å². The van der Waals surface area contributed by atoms with Gasteiger partial charge in [-0.1, -0.05) is 41.6 Å². The Labute approximate surface area is 95.7 Å². The van der Waals surface area contributed by atoms with Gasteiger partial charge in [0.2, 0.25) is 0 Å². The van der Waals surface area contributed by atoms with E-state index in [1.165, 1.54) is 51.4 Å². The maximum Gasteiger partial charge on any atom is 0.0779 e. The van der Waals surface area contributed by atoms with Crippen molar-refractivity contribution in [1.29, 1.82) is 0 Å². The molecule has 2 saturated carbocycles. The molecule has 0 heterocycles. The lowest BCUT2D eigenvalue weighted by Gasteiger charge is -2.31. The van der Waals surface area contributed by atoms with Crippen LogP contribution in [0.5, 0.6) is 0 Å². The van der Waals surface area contributed by atoms with Gasteiger partial charge in [-0.05, 0) is 31.6 Å². The first-order valence-corrected chi connectivity index (χ1v) is 7.17. The Morgan fingerprint density at radius 1 is 1.07 bits per heavy atom. The molecule has 0 unspecified atom stereocenters. The number of hydrogen-bond donors (Lipinski definition) is 0. The fraction of sp³-hybridized carbons (Fsp3) is 1.00. The van der Waals surface area contributed by atoms with Crippen molar-refractivity contribution in [1.82, 2.24) is 0 Å². The molecule has 0 N–H and O–H groups in total. The van der Waals surface area contributed by atoms with Crippen molar-refractivity contribution in [2.45, 2.75) is 57.0 Å². The number of alkyl halides is 1.